The number of rotatable bonds is 7. The second-order valence-corrected chi connectivity index (χ2v) is 10.0. The summed E-state index contributed by atoms with van der Waals surface area (Å²) in [5.41, 5.74) is 0.920. The average molecular weight is 432 g/mol. The van der Waals surface area contributed by atoms with Crippen molar-refractivity contribution in [2.45, 2.75) is 29.2 Å². The molecule has 2 aliphatic heterocycles. The second-order valence-electron chi connectivity index (χ2n) is 6.95. The molecule has 4 rings (SSSR count). The number of hydrogen-bond acceptors (Lipinski definition) is 6. The molecule has 1 aromatic heterocycles. The van der Waals surface area contributed by atoms with E-state index in [1.807, 2.05) is 0 Å². The molecular formula is C20H21N3O4S2. The van der Waals surface area contributed by atoms with E-state index in [4.69, 9.17) is 0 Å². The van der Waals surface area contributed by atoms with Crippen LogP contribution in [0.3, 0.4) is 0 Å². The monoisotopic (exact) mass is 431 g/mol. The van der Waals surface area contributed by atoms with Gasteiger partial charge in [-0.1, -0.05) is 12.1 Å². The van der Waals surface area contributed by atoms with Crippen LogP contribution in [-0.2, 0) is 10.0 Å². The van der Waals surface area contributed by atoms with E-state index in [1.165, 1.54) is 27.2 Å². The number of pyridine rings is 1. The van der Waals surface area contributed by atoms with Gasteiger partial charge in [-0.3, -0.25) is 14.5 Å². The number of carbonyl (C=O) groups excluding carboxylic acids is 2. The summed E-state index contributed by atoms with van der Waals surface area (Å²) in [4.78, 5) is 30.4. The maximum absolute atomic E-state index is 12.5. The minimum Gasteiger partial charge on any atom is -0.274 e. The molecule has 0 N–H and O–H groups in total. The molecule has 0 aliphatic carbocycles. The molecule has 2 aliphatic rings. The molecule has 1 saturated heterocycles. The minimum absolute atomic E-state index is 0.217. The Balaban J connectivity index is 1.29. The fourth-order valence-corrected chi connectivity index (χ4v) is 5.76. The maximum atomic E-state index is 12.5. The number of fused-ring (bicyclic) bond motifs is 1. The maximum Gasteiger partial charge on any atom is 0.261 e. The van der Waals surface area contributed by atoms with Crippen molar-refractivity contribution >= 4 is 33.6 Å². The highest BCUT2D eigenvalue weighted by Crippen LogP contribution is 2.25. The summed E-state index contributed by atoms with van der Waals surface area (Å²) in [6.45, 7) is 1.48. The van der Waals surface area contributed by atoms with Gasteiger partial charge in [-0.15, -0.1) is 11.8 Å². The van der Waals surface area contributed by atoms with Crippen LogP contribution in [0.2, 0.25) is 0 Å². The lowest BCUT2D eigenvalue weighted by Crippen LogP contribution is -2.31. The van der Waals surface area contributed by atoms with Gasteiger partial charge in [-0.2, -0.15) is 4.31 Å². The van der Waals surface area contributed by atoms with Crippen LogP contribution in [0.5, 0.6) is 0 Å². The lowest BCUT2D eigenvalue weighted by molar-refractivity contribution is 0.0655. The Morgan fingerprint density at radius 3 is 2.21 bits per heavy atom. The Kier molecular flexibility index (Phi) is 5.71. The van der Waals surface area contributed by atoms with Crippen LogP contribution < -0.4 is 0 Å². The molecule has 0 bridgehead atoms. The first-order valence-corrected chi connectivity index (χ1v) is 12.0. The summed E-state index contributed by atoms with van der Waals surface area (Å²) in [6, 6.07) is 10.1. The predicted octanol–water partition coefficient (Wildman–Crippen LogP) is 2.64. The molecule has 152 valence electrons. The number of sulfonamides is 1. The molecule has 9 heteroatoms. The second kappa shape index (κ2) is 8.25. The summed E-state index contributed by atoms with van der Waals surface area (Å²) < 4.78 is 26.5. The zero-order chi connectivity index (χ0) is 20.4. The van der Waals surface area contributed by atoms with Crippen molar-refractivity contribution in [1.82, 2.24) is 14.2 Å². The first kappa shape index (κ1) is 20.1. The fraction of sp³-hybridized carbons (Fsp3) is 0.350. The molecule has 1 fully saturated rings. The molecule has 0 atom stereocenters. The summed E-state index contributed by atoms with van der Waals surface area (Å²) in [7, 11) is -3.45. The zero-order valence-corrected chi connectivity index (χ0v) is 17.4. The van der Waals surface area contributed by atoms with Crippen LogP contribution in [-0.4, -0.2) is 59.8 Å². The Morgan fingerprint density at radius 2 is 1.62 bits per heavy atom. The molecular weight excluding hydrogens is 410 g/mol. The van der Waals surface area contributed by atoms with Crippen LogP contribution >= 0.6 is 11.8 Å². The molecule has 29 heavy (non-hydrogen) atoms. The molecule has 2 amide bonds. The van der Waals surface area contributed by atoms with Crippen molar-refractivity contribution in [3.8, 4) is 0 Å². The number of aromatic nitrogens is 1. The van der Waals surface area contributed by atoms with Gasteiger partial charge in [0.25, 0.3) is 11.8 Å². The van der Waals surface area contributed by atoms with E-state index < -0.39 is 10.0 Å². The van der Waals surface area contributed by atoms with Gasteiger partial charge >= 0.3 is 0 Å². The van der Waals surface area contributed by atoms with Gasteiger partial charge in [0.1, 0.15) is 4.90 Å². The van der Waals surface area contributed by atoms with E-state index in [9.17, 15) is 18.0 Å². The Bertz CT molecular complexity index is 997. The molecule has 3 heterocycles. The normalized spacial score (nSPS) is 17.2. The highest BCUT2D eigenvalue weighted by molar-refractivity contribution is 7.99. The SMILES string of the molecule is O=C1c2ccccc2C(=O)N1CCCSc1ccc(S(=O)(=O)N2CCCC2)cn1. The largest absolute Gasteiger partial charge is 0.274 e. The molecule has 1 aromatic carbocycles. The van der Waals surface area contributed by atoms with Crippen molar-refractivity contribution in [2.75, 3.05) is 25.4 Å². The number of thioether (sulfide) groups is 1. The van der Waals surface area contributed by atoms with Gasteiger partial charge < -0.3 is 0 Å². The molecule has 0 radical (unpaired) electrons. The van der Waals surface area contributed by atoms with Crippen molar-refractivity contribution in [3.05, 3.63) is 53.7 Å². The smallest absolute Gasteiger partial charge is 0.261 e. The summed E-state index contributed by atoms with van der Waals surface area (Å²) in [5.74, 6) is 0.175. The molecule has 0 spiro atoms. The number of imide groups is 1. The van der Waals surface area contributed by atoms with Gasteiger partial charge in [-0.05, 0) is 43.5 Å². The number of amides is 2. The summed E-state index contributed by atoms with van der Waals surface area (Å²) in [5, 5.41) is 0.715. The Labute approximate surface area is 174 Å². The fourth-order valence-electron chi connectivity index (χ4n) is 3.52. The van der Waals surface area contributed by atoms with E-state index in [0.717, 1.165) is 12.8 Å². The van der Waals surface area contributed by atoms with E-state index >= 15 is 0 Å². The van der Waals surface area contributed by atoms with Gasteiger partial charge in [-0.25, -0.2) is 13.4 Å². The van der Waals surface area contributed by atoms with Crippen molar-refractivity contribution in [2.24, 2.45) is 0 Å². The van der Waals surface area contributed by atoms with E-state index in [-0.39, 0.29) is 16.7 Å². The van der Waals surface area contributed by atoms with E-state index in [0.29, 0.717) is 48.0 Å². The van der Waals surface area contributed by atoms with Crippen molar-refractivity contribution in [3.63, 3.8) is 0 Å². The topological polar surface area (TPSA) is 87.7 Å². The van der Waals surface area contributed by atoms with E-state index in [2.05, 4.69) is 4.98 Å². The first-order chi connectivity index (χ1) is 14.0. The Morgan fingerprint density at radius 1 is 0.966 bits per heavy atom. The zero-order valence-electron chi connectivity index (χ0n) is 15.8. The van der Waals surface area contributed by atoms with Crippen LogP contribution in [0.25, 0.3) is 0 Å². The average Bonchev–Trinajstić information content (AvgIpc) is 3.36. The highest BCUT2D eigenvalue weighted by Gasteiger charge is 2.34. The standard InChI is InChI=1S/C20H21N3O4S2/c24-19-16-6-1-2-7-17(16)20(25)23(19)12-5-13-28-18-9-8-15(14-21-18)29(26,27)22-10-3-4-11-22/h1-2,6-9,14H,3-5,10-13H2. The van der Waals surface area contributed by atoms with Crippen molar-refractivity contribution in [1.29, 1.82) is 0 Å². The Hall–Kier alpha value is -2.23. The van der Waals surface area contributed by atoms with Gasteiger partial charge in [0, 0.05) is 31.6 Å². The third kappa shape index (κ3) is 3.94. The quantitative estimate of drug-likeness (QED) is 0.380. The van der Waals surface area contributed by atoms with Crippen LogP contribution in [0, 0.1) is 0 Å². The van der Waals surface area contributed by atoms with Crippen LogP contribution in [0.1, 0.15) is 40.0 Å². The number of hydrogen-bond donors (Lipinski definition) is 0. The van der Waals surface area contributed by atoms with Gasteiger partial charge in [0.2, 0.25) is 10.0 Å². The van der Waals surface area contributed by atoms with Crippen LogP contribution in [0.15, 0.2) is 52.5 Å². The predicted molar refractivity (Wildman–Crippen MR) is 109 cm³/mol. The molecule has 0 unspecified atom stereocenters. The van der Waals surface area contributed by atoms with Gasteiger partial charge in [0.05, 0.1) is 16.2 Å². The van der Waals surface area contributed by atoms with Crippen LogP contribution in [0.4, 0.5) is 0 Å². The first-order valence-electron chi connectivity index (χ1n) is 9.53. The summed E-state index contributed by atoms with van der Waals surface area (Å²) in [6.07, 6.45) is 3.83. The third-order valence-electron chi connectivity index (χ3n) is 5.07. The number of carbonyl (C=O) groups is 2. The summed E-state index contributed by atoms with van der Waals surface area (Å²) >= 11 is 1.47. The third-order valence-corrected chi connectivity index (χ3v) is 7.98. The minimum atomic E-state index is -3.45. The highest BCUT2D eigenvalue weighted by atomic mass is 32.2. The molecule has 7 nitrogen and oxygen atoms in total. The number of nitrogens with zero attached hydrogens (tertiary/aromatic N) is 3. The lowest BCUT2D eigenvalue weighted by Gasteiger charge is -2.15. The molecule has 2 aromatic rings. The van der Waals surface area contributed by atoms with E-state index in [1.54, 1.807) is 36.4 Å². The molecule has 0 saturated carbocycles. The van der Waals surface area contributed by atoms with Gasteiger partial charge in [0.15, 0.2) is 0 Å². The number of benzene rings is 1. The lowest BCUT2D eigenvalue weighted by atomic mass is 10.1. The van der Waals surface area contributed by atoms with Crippen molar-refractivity contribution < 1.29 is 18.0 Å².